The standard InChI is InChI=1S/C62H90N13O14P.Co.H2O/c1-29-20-39-40(21-30(29)2)75(28-70-39)57-52(84)53(41(27-76)87-57)89-90(85,86)88-31(3)26-69-49(83)18-19-59(8)37(22-46(66)80)56-62(11)61(10,25-48(68)82)36(14-17-45(65)79)51(74-62)33(5)55-60(9,24-47(67)81)34(12-15-43(63)77)38(71-55)23-42-58(6,7)35(13-16-44(64)78)50(72-42)32(4)54(59)73-56;;/h20-21,23,28,31,34-37,41,52-53,56-57,76,84H,12-19,22,24-27H2,1-11H3,(H15,63,64,65,66,67,68,69,71,72,73,74,77,78,79,80,81,82,83,85,86);;1H2/q;+3;/p-2/t31-,34-,35-,36-,37+,41-,52-,53-,56-,57+,59-,60+,61+,62+;;/m1../s1. The maximum atomic E-state index is 14.4. The van der Waals surface area contributed by atoms with Crippen LogP contribution in [0.25, 0.3) is 11.0 Å². The second-order valence-corrected chi connectivity index (χ2v) is 28.4. The van der Waals surface area contributed by atoms with Gasteiger partial charge in [0.05, 0.1) is 24.3 Å². The normalized spacial score (nSPS) is 31.3. The number of phosphoric ester groups is 1. The van der Waals surface area contributed by atoms with Gasteiger partial charge < -0.3 is 84.7 Å². The molecule has 15 atom stereocenters. The molecule has 0 aliphatic carbocycles. The second kappa shape index (κ2) is 27.8. The largest absolute Gasteiger partial charge is 3.00 e. The van der Waals surface area contributed by atoms with E-state index in [4.69, 9.17) is 62.2 Å². The van der Waals surface area contributed by atoms with Crippen molar-refractivity contribution in [2.24, 2.45) is 77.5 Å². The Kier molecular flexibility index (Phi) is 22.5. The number of carbonyl (C=O) groups excluding carboxylic acids is 4. The van der Waals surface area contributed by atoms with Crippen molar-refractivity contribution in [3.05, 3.63) is 63.9 Å². The second-order valence-electron chi connectivity index (χ2n) is 27.0. The Morgan fingerprint density at radius 3 is 2.02 bits per heavy atom. The van der Waals surface area contributed by atoms with Crippen molar-refractivity contribution in [3.8, 4) is 0 Å². The number of aliphatic hydroxyl groups is 2. The molecule has 17 N–H and O–H groups in total. The van der Waals surface area contributed by atoms with Crippen LogP contribution < -0.4 is 47.7 Å². The number of aryl methyl sites for hydroxylation is 2. The van der Waals surface area contributed by atoms with Crippen molar-refractivity contribution in [1.82, 2.24) is 15.6 Å². The molecule has 30 heteroatoms. The van der Waals surface area contributed by atoms with Gasteiger partial charge in [-0.3, -0.25) is 43.2 Å². The minimum absolute atomic E-state index is 0. The smallest absolute Gasteiger partial charge is 0.862 e. The number of carbonyl (C=O) groups is 4. The van der Waals surface area contributed by atoms with Crippen LogP contribution >= 0.6 is 7.82 Å². The Hall–Kier alpha value is -6.53. The van der Waals surface area contributed by atoms with Crippen molar-refractivity contribution in [1.29, 1.82) is 16.2 Å². The van der Waals surface area contributed by atoms with Crippen LogP contribution in [-0.4, -0.2) is 133 Å². The summed E-state index contributed by atoms with van der Waals surface area (Å²) in [4.78, 5) is 86.0. The van der Waals surface area contributed by atoms with Crippen molar-refractivity contribution in [3.63, 3.8) is 0 Å². The number of benzene rings is 1. The molecular weight excluding hydrogens is 1260 g/mol. The summed E-state index contributed by atoms with van der Waals surface area (Å²) in [6.45, 7) is 19.0. The summed E-state index contributed by atoms with van der Waals surface area (Å²) in [5.41, 5.74) is 19.4. The topological polar surface area (TPSA) is 505 Å². The zero-order valence-corrected chi connectivity index (χ0v) is 55.8. The summed E-state index contributed by atoms with van der Waals surface area (Å²) in [7, 11) is -5.07. The first-order chi connectivity index (χ1) is 41.8. The van der Waals surface area contributed by atoms with E-state index in [1.807, 2.05) is 59.8 Å². The first-order valence-electron chi connectivity index (χ1n) is 30.5. The number of nitrogens with zero attached hydrogens (tertiary/aromatic N) is 4. The summed E-state index contributed by atoms with van der Waals surface area (Å²) >= 11 is 0. The van der Waals surface area contributed by atoms with Gasteiger partial charge in [0.25, 0.3) is 0 Å². The van der Waals surface area contributed by atoms with Gasteiger partial charge in [-0.1, -0.05) is 34.6 Å². The third kappa shape index (κ3) is 14.1. The molecule has 8 rings (SSSR count). The van der Waals surface area contributed by atoms with Crippen LogP contribution in [0.3, 0.4) is 0 Å². The number of allylic oxidation sites excluding steroid dienone is 6. The number of aliphatic imine (C=N–C) groups is 3. The Balaban J connectivity index is 0.00000672. The number of hydrogen-bond donors (Lipinski definition) is 12. The molecule has 0 radical (unpaired) electrons. The van der Waals surface area contributed by atoms with E-state index in [0.717, 1.165) is 16.6 Å². The van der Waals surface area contributed by atoms with Gasteiger partial charge in [-0.15, -0.1) is 0 Å². The summed E-state index contributed by atoms with van der Waals surface area (Å²) in [6, 6.07) is 2.74. The minimum atomic E-state index is -5.07. The average Bonchev–Trinajstić information content (AvgIpc) is 1.53. The van der Waals surface area contributed by atoms with E-state index in [1.54, 1.807) is 38.6 Å². The number of fused-ring (bicyclic) bond motifs is 7. The summed E-state index contributed by atoms with van der Waals surface area (Å²) in [5, 5.41) is 90.2. The van der Waals surface area contributed by atoms with E-state index < -0.39 is 143 Å². The molecule has 28 nitrogen and oxygen atoms in total. The molecule has 6 aliphatic heterocycles. The molecule has 2 saturated heterocycles. The maximum Gasteiger partial charge on any atom is 3.00 e. The zero-order chi connectivity index (χ0) is 66.7. The molecule has 0 spiro atoms. The number of imidazole rings is 1. The van der Waals surface area contributed by atoms with Gasteiger partial charge >= 0.3 is 24.6 Å². The van der Waals surface area contributed by atoms with Crippen LogP contribution in [0.4, 0.5) is 0 Å². The number of aromatic nitrogens is 2. The van der Waals surface area contributed by atoms with Crippen molar-refractivity contribution < 1.29 is 94.8 Å². The SMILES string of the molecule is CC1=C2N=C(C=C3NC(=C(C)C4=N[C@@](C)([C@@H]5N=C1[C@](C)(CCC(=O)NC[C@@H](C)OP(=O)(O)O[C@H]1[C@@H](O)[C@@H]([n+]6c[nH]c7cc(C)c(C)cc76)O[C@@H]1CO)[C@H]5CC(N)=O)[C@@](C)(CC(N)=O)[C@@H]4CCC(=N)[O-])[C@@](C)(CC(N)=O)[C@@H]3CCC(=N)[O-])C(C)(C)[C@@H]2CCC(=N)[O-].O.[Co+3]. The van der Waals surface area contributed by atoms with E-state index in [0.29, 0.717) is 50.9 Å². The first kappa shape index (κ1) is 74.5. The van der Waals surface area contributed by atoms with E-state index in [2.05, 4.69) is 15.6 Å². The van der Waals surface area contributed by atoms with Crippen LogP contribution in [0.5, 0.6) is 0 Å². The number of rotatable bonds is 26. The van der Waals surface area contributed by atoms with E-state index >= 15 is 0 Å². The maximum absolute atomic E-state index is 14.4. The third-order valence-electron chi connectivity index (χ3n) is 20.6. The van der Waals surface area contributed by atoms with Gasteiger partial charge in [-0.2, -0.15) is 4.57 Å². The zero-order valence-electron chi connectivity index (χ0n) is 53.9. The summed E-state index contributed by atoms with van der Waals surface area (Å²) in [6.07, 6.45) is -4.86. The molecular formula is C62H90CoN13O15P+. The first-order valence-corrected chi connectivity index (χ1v) is 32.0. The minimum Gasteiger partial charge on any atom is -0.862 e. The number of H-pyrrole nitrogens is 1. The Morgan fingerprint density at radius 2 is 1.45 bits per heavy atom. The molecule has 8 bridgehead atoms. The molecule has 0 saturated carbocycles. The van der Waals surface area contributed by atoms with E-state index in [-0.39, 0.29) is 99.4 Å². The molecule has 506 valence electrons. The van der Waals surface area contributed by atoms with Crippen LogP contribution in [0, 0.1) is 75.4 Å². The number of aromatic amines is 1. The van der Waals surface area contributed by atoms with Crippen molar-refractivity contribution in [2.45, 2.75) is 189 Å². The predicted molar refractivity (Wildman–Crippen MR) is 332 cm³/mol. The molecule has 4 amide bonds. The number of phosphoric acid groups is 1. The fourth-order valence-corrected chi connectivity index (χ4v) is 16.6. The number of nitrogens with one attached hydrogen (secondary N) is 6. The number of hydrogen-bond acceptors (Lipinski definition) is 20. The van der Waals surface area contributed by atoms with E-state index in [1.165, 1.54) is 6.92 Å². The molecule has 92 heavy (non-hydrogen) atoms. The molecule has 7 heterocycles. The van der Waals surface area contributed by atoms with Gasteiger partial charge in [0, 0.05) is 112 Å². The third-order valence-corrected chi connectivity index (χ3v) is 21.7. The quantitative estimate of drug-likeness (QED) is 0.0274. The summed E-state index contributed by atoms with van der Waals surface area (Å²) < 4.78 is 32.3. The number of nitrogens with two attached hydrogens (primary N) is 3. The summed E-state index contributed by atoms with van der Waals surface area (Å²) in [5.74, 6) is -8.24. The molecule has 6 aliphatic rings. The van der Waals surface area contributed by atoms with Crippen molar-refractivity contribution >= 4 is 77.3 Å². The fraction of sp³-hybridized carbons (Fsp3) is 0.629. The van der Waals surface area contributed by atoms with Crippen LogP contribution in [0.2, 0.25) is 0 Å². The molecule has 2 fully saturated rings. The van der Waals surface area contributed by atoms with Gasteiger partial charge in [-0.25, -0.2) is 9.55 Å². The Labute approximate surface area is 545 Å². The number of aliphatic hydroxyl groups excluding tert-OH is 2. The Bertz CT molecular complexity index is 3550. The predicted octanol–water partition coefficient (Wildman–Crippen LogP) is 1.31. The number of primary amides is 3. The van der Waals surface area contributed by atoms with Crippen LogP contribution in [-0.2, 0) is 54.3 Å². The monoisotopic (exact) mass is 1350 g/mol. The average molecular weight is 1350 g/mol. The van der Waals surface area contributed by atoms with Crippen LogP contribution in [0.1, 0.15) is 150 Å². The van der Waals surface area contributed by atoms with E-state index in [9.17, 15) is 54.2 Å². The van der Waals surface area contributed by atoms with Gasteiger partial charge in [0.1, 0.15) is 18.3 Å². The van der Waals surface area contributed by atoms with Gasteiger partial charge in [0.2, 0.25) is 36.2 Å². The van der Waals surface area contributed by atoms with Gasteiger partial charge in [0.15, 0.2) is 11.0 Å². The molecule has 1 aromatic heterocycles. The molecule has 1 aromatic carbocycles. The number of amides is 4. The number of ether oxygens (including phenoxy) is 1. The fourth-order valence-electron chi connectivity index (χ4n) is 15.5. The van der Waals surface area contributed by atoms with Gasteiger partial charge in [-0.05, 0) is 145 Å². The Morgan fingerprint density at radius 1 is 0.859 bits per heavy atom. The van der Waals surface area contributed by atoms with Crippen LogP contribution in [0.15, 0.2) is 67.8 Å². The van der Waals surface area contributed by atoms with Crippen molar-refractivity contribution in [2.75, 3.05) is 13.2 Å². The molecule has 2 aromatic rings. The molecule has 1 unspecified atom stereocenters.